The minimum Gasteiger partial charge on any atom is -0.493 e. The van der Waals surface area contributed by atoms with Crippen molar-refractivity contribution in [3.63, 3.8) is 0 Å². The number of hydrogen-bond donors (Lipinski definition) is 2. The van der Waals surface area contributed by atoms with E-state index in [1.807, 2.05) is 43.3 Å². The van der Waals surface area contributed by atoms with E-state index in [1.54, 1.807) is 39.9 Å². The molecule has 2 saturated carbocycles. The van der Waals surface area contributed by atoms with Crippen LogP contribution in [0.1, 0.15) is 90.9 Å². The molecule has 11 heteroatoms. The van der Waals surface area contributed by atoms with E-state index in [0.29, 0.717) is 30.3 Å². The van der Waals surface area contributed by atoms with E-state index in [9.17, 15) is 10.2 Å². The molecule has 2 N–H and O–H groups in total. The molecule has 6 atom stereocenters. The zero-order valence-corrected chi connectivity index (χ0v) is 28.9. The van der Waals surface area contributed by atoms with Crippen molar-refractivity contribution in [3.05, 3.63) is 94.6 Å². The van der Waals surface area contributed by atoms with Crippen molar-refractivity contribution in [3.8, 4) is 23.0 Å². The Balaban J connectivity index is 0.000000157. The molecule has 4 aliphatic rings. The van der Waals surface area contributed by atoms with Crippen LogP contribution in [0.15, 0.2) is 75.6 Å². The lowest BCUT2D eigenvalue weighted by molar-refractivity contribution is 0.110. The summed E-state index contributed by atoms with van der Waals surface area (Å²) in [4.78, 5) is 14.1. The molecule has 11 nitrogen and oxygen atoms in total. The largest absolute Gasteiger partial charge is 0.493 e. The van der Waals surface area contributed by atoms with Gasteiger partial charge in [-0.1, -0.05) is 5.16 Å². The molecule has 2 aromatic carbocycles. The number of methoxy groups -OCH3 is 3. The Morgan fingerprint density at radius 3 is 1.78 bits per heavy atom. The molecule has 4 heterocycles. The van der Waals surface area contributed by atoms with Gasteiger partial charge in [0.2, 0.25) is 0 Å². The van der Waals surface area contributed by atoms with Gasteiger partial charge in [0.15, 0.2) is 28.8 Å². The van der Waals surface area contributed by atoms with Crippen LogP contribution in [0.25, 0.3) is 0 Å². The van der Waals surface area contributed by atoms with Crippen molar-refractivity contribution in [1.29, 1.82) is 0 Å². The number of aromatic nitrogens is 2. The second-order valence-corrected chi connectivity index (χ2v) is 13.2. The zero-order chi connectivity index (χ0) is 34.8. The second kappa shape index (κ2) is 14.6. The average Bonchev–Trinajstić information content (AvgIpc) is 3.69. The van der Waals surface area contributed by atoms with Gasteiger partial charge in [-0.25, -0.2) is 0 Å². The summed E-state index contributed by atoms with van der Waals surface area (Å²) in [7, 11) is 4.92. The summed E-state index contributed by atoms with van der Waals surface area (Å²) in [6.07, 6.45) is 9.43. The van der Waals surface area contributed by atoms with E-state index in [1.165, 1.54) is 5.56 Å². The average molecular weight is 681 g/mol. The SMILES string of the molecule is CCOc1cc2c(cc1OC)C(c1ccno1)=NC1CCC(O)CC21.COc1cc2c(cc1OC)C1CC(O)CCC1N=C2c1ccncc1. The summed E-state index contributed by atoms with van der Waals surface area (Å²) in [5.41, 5.74) is 7.15. The van der Waals surface area contributed by atoms with Crippen LogP contribution < -0.4 is 18.9 Å². The van der Waals surface area contributed by atoms with Crippen molar-refractivity contribution in [2.45, 2.75) is 81.6 Å². The normalized spacial score (nSPS) is 24.8. The van der Waals surface area contributed by atoms with Crippen molar-refractivity contribution < 1.29 is 33.7 Å². The van der Waals surface area contributed by atoms with E-state index in [2.05, 4.69) is 16.2 Å². The summed E-state index contributed by atoms with van der Waals surface area (Å²) in [5.74, 6) is 3.84. The predicted molar refractivity (Wildman–Crippen MR) is 189 cm³/mol. The molecule has 2 aliphatic carbocycles. The standard InChI is InChI=1S/C20H22N2O3.C19H22N2O4/c1-24-18-10-14-15-9-13(23)3-4-17(15)22-20(12-5-7-21-8-6-12)16(14)11-19(18)25-2;1-3-24-18-9-12-13-8-11(22)4-5-15(13)21-19(16-6-7-20-25-16)14(12)10-17(18)23-2/h5-8,10-11,13,15,17,23H,3-4,9H2,1-2H3;6-7,9-11,13,15,22H,3-5,8H2,1-2H3. The third-order valence-electron chi connectivity index (χ3n) is 10.3. The molecule has 0 spiro atoms. The number of hydrogen-bond acceptors (Lipinski definition) is 11. The van der Waals surface area contributed by atoms with Gasteiger partial charge in [-0.3, -0.25) is 15.0 Å². The summed E-state index contributed by atoms with van der Waals surface area (Å²) in [6, 6.07) is 14.2. The van der Waals surface area contributed by atoms with E-state index < -0.39 is 0 Å². The van der Waals surface area contributed by atoms with Gasteiger partial charge < -0.3 is 33.7 Å². The van der Waals surface area contributed by atoms with Crippen molar-refractivity contribution >= 4 is 11.4 Å². The maximum absolute atomic E-state index is 10.2. The maximum Gasteiger partial charge on any atom is 0.185 e. The first-order chi connectivity index (χ1) is 24.4. The van der Waals surface area contributed by atoms with Crippen LogP contribution in [0.3, 0.4) is 0 Å². The number of nitrogens with zero attached hydrogens (tertiary/aromatic N) is 4. The number of rotatable bonds is 7. The Morgan fingerprint density at radius 2 is 1.22 bits per heavy atom. The highest BCUT2D eigenvalue weighted by Crippen LogP contribution is 2.46. The van der Waals surface area contributed by atoms with Crippen LogP contribution in [0, 0.1) is 0 Å². The highest BCUT2D eigenvalue weighted by molar-refractivity contribution is 6.15. The number of fused-ring (bicyclic) bond motifs is 6. The molecule has 8 rings (SSSR count). The molecule has 50 heavy (non-hydrogen) atoms. The topological polar surface area (TPSA) is 141 Å². The van der Waals surface area contributed by atoms with Crippen LogP contribution in [0.2, 0.25) is 0 Å². The quantitative estimate of drug-likeness (QED) is 0.245. The Hall–Kier alpha value is -4.74. The number of aliphatic hydroxyl groups is 2. The first-order valence-electron chi connectivity index (χ1n) is 17.4. The van der Waals surface area contributed by atoms with Gasteiger partial charge in [0.25, 0.3) is 0 Å². The van der Waals surface area contributed by atoms with Gasteiger partial charge in [0.1, 0.15) is 5.71 Å². The van der Waals surface area contributed by atoms with Gasteiger partial charge in [-0.15, -0.1) is 0 Å². The van der Waals surface area contributed by atoms with Crippen molar-refractivity contribution in [2.75, 3.05) is 27.9 Å². The van der Waals surface area contributed by atoms with Crippen LogP contribution in [0.5, 0.6) is 23.0 Å². The fourth-order valence-electron chi connectivity index (χ4n) is 7.91. The fraction of sp³-hybridized carbons (Fsp3) is 0.436. The number of pyridine rings is 1. The lowest BCUT2D eigenvalue weighted by Gasteiger charge is -2.37. The van der Waals surface area contributed by atoms with E-state index in [0.717, 1.165) is 77.3 Å². The smallest absolute Gasteiger partial charge is 0.185 e. The summed E-state index contributed by atoms with van der Waals surface area (Å²) >= 11 is 0. The van der Waals surface area contributed by atoms with E-state index >= 15 is 0 Å². The third-order valence-corrected chi connectivity index (χ3v) is 10.3. The minimum atomic E-state index is -0.284. The molecular formula is C39H44N4O7. The first kappa shape index (κ1) is 33.7. The lowest BCUT2D eigenvalue weighted by Crippen LogP contribution is -2.34. The molecule has 2 aromatic heterocycles. The second-order valence-electron chi connectivity index (χ2n) is 13.2. The van der Waals surface area contributed by atoms with Crippen molar-refractivity contribution in [1.82, 2.24) is 10.1 Å². The zero-order valence-electron chi connectivity index (χ0n) is 28.9. The van der Waals surface area contributed by atoms with Crippen molar-refractivity contribution in [2.24, 2.45) is 9.98 Å². The lowest BCUT2D eigenvalue weighted by atomic mass is 9.74. The van der Waals surface area contributed by atoms with Crippen LogP contribution in [-0.4, -0.2) is 84.0 Å². The Labute approximate surface area is 292 Å². The van der Waals surface area contributed by atoms with Crippen LogP contribution in [-0.2, 0) is 0 Å². The molecule has 0 amide bonds. The molecule has 0 radical (unpaired) electrons. The van der Waals surface area contributed by atoms with E-state index in [-0.39, 0.29) is 36.1 Å². The van der Waals surface area contributed by atoms with Gasteiger partial charge in [0.05, 0.1) is 64.1 Å². The number of aliphatic hydroxyl groups excluding tert-OH is 2. The molecule has 0 bridgehead atoms. The summed E-state index contributed by atoms with van der Waals surface area (Å²) in [5, 5.41) is 24.2. The van der Waals surface area contributed by atoms with Gasteiger partial charge >= 0.3 is 0 Å². The third kappa shape index (κ3) is 6.47. The monoisotopic (exact) mass is 680 g/mol. The summed E-state index contributed by atoms with van der Waals surface area (Å²) in [6.45, 7) is 2.52. The minimum absolute atomic E-state index is 0.138. The Morgan fingerprint density at radius 1 is 0.680 bits per heavy atom. The first-order valence-corrected chi connectivity index (χ1v) is 17.4. The summed E-state index contributed by atoms with van der Waals surface area (Å²) < 4.78 is 27.7. The molecule has 0 saturated heterocycles. The highest BCUT2D eigenvalue weighted by Gasteiger charge is 2.39. The molecule has 2 aliphatic heterocycles. The van der Waals surface area contributed by atoms with Gasteiger partial charge in [0, 0.05) is 47.0 Å². The number of aliphatic imine (C=N–C) groups is 2. The fourth-order valence-corrected chi connectivity index (χ4v) is 7.91. The van der Waals surface area contributed by atoms with Gasteiger partial charge in [-0.2, -0.15) is 0 Å². The number of ether oxygens (including phenoxy) is 4. The molecular weight excluding hydrogens is 636 g/mol. The highest BCUT2D eigenvalue weighted by atomic mass is 16.5. The Kier molecular flexibility index (Phi) is 9.87. The van der Waals surface area contributed by atoms with E-state index in [4.69, 9.17) is 33.5 Å². The molecule has 4 aromatic rings. The van der Waals surface area contributed by atoms with Gasteiger partial charge in [-0.05, 0) is 93.0 Å². The number of benzene rings is 2. The Bertz CT molecular complexity index is 1860. The predicted octanol–water partition coefficient (Wildman–Crippen LogP) is 5.88. The molecule has 2 fully saturated rings. The van der Waals surface area contributed by atoms with Crippen LogP contribution >= 0.6 is 0 Å². The van der Waals surface area contributed by atoms with Crippen LogP contribution in [0.4, 0.5) is 0 Å². The molecule has 262 valence electrons. The molecule has 6 unspecified atom stereocenters. The maximum atomic E-state index is 10.2.